The van der Waals surface area contributed by atoms with Crippen molar-refractivity contribution < 1.29 is 8.42 Å². The highest BCUT2D eigenvalue weighted by molar-refractivity contribution is 7.89. The summed E-state index contributed by atoms with van der Waals surface area (Å²) in [7, 11) is -3.33. The average molecular weight is 270 g/mol. The fourth-order valence-corrected chi connectivity index (χ4v) is 3.18. The highest BCUT2D eigenvalue weighted by Gasteiger charge is 2.20. The molecule has 0 aromatic heterocycles. The van der Waals surface area contributed by atoms with Crippen molar-refractivity contribution in [1.29, 1.82) is 0 Å². The van der Waals surface area contributed by atoms with Crippen molar-refractivity contribution in [2.45, 2.75) is 32.1 Å². The second-order valence-corrected chi connectivity index (χ2v) is 5.98. The summed E-state index contributed by atoms with van der Waals surface area (Å²) in [5, 5.41) is 3.22. The lowest BCUT2D eigenvalue weighted by Crippen LogP contribution is -2.30. The van der Waals surface area contributed by atoms with Crippen molar-refractivity contribution in [3.63, 3.8) is 0 Å². The molecule has 0 amide bonds. The first-order chi connectivity index (χ1) is 8.56. The first-order valence-electron chi connectivity index (χ1n) is 6.40. The van der Waals surface area contributed by atoms with Crippen LogP contribution >= 0.6 is 0 Å². The van der Waals surface area contributed by atoms with E-state index in [2.05, 4.69) is 12.2 Å². The molecular formula is C13H22N2O2S. The quantitative estimate of drug-likeness (QED) is 0.828. The summed E-state index contributed by atoms with van der Waals surface area (Å²) in [6.07, 6.45) is 1.04. The zero-order valence-electron chi connectivity index (χ0n) is 11.3. The molecule has 0 fully saturated rings. The Balaban J connectivity index is 2.90. The van der Waals surface area contributed by atoms with Crippen LogP contribution in [-0.2, 0) is 10.0 Å². The molecular weight excluding hydrogens is 248 g/mol. The molecule has 0 radical (unpaired) electrons. The van der Waals surface area contributed by atoms with E-state index in [4.69, 9.17) is 0 Å². The first-order valence-corrected chi connectivity index (χ1v) is 7.84. The SMILES string of the molecule is CCCNc1ccc(S(=O)(=O)N(CC)CC)cc1. The van der Waals surface area contributed by atoms with Gasteiger partial charge in [-0.2, -0.15) is 4.31 Å². The maximum absolute atomic E-state index is 12.2. The van der Waals surface area contributed by atoms with Gasteiger partial charge in [-0.3, -0.25) is 0 Å². The van der Waals surface area contributed by atoms with Gasteiger partial charge in [0.2, 0.25) is 10.0 Å². The summed E-state index contributed by atoms with van der Waals surface area (Å²) < 4.78 is 25.9. The number of rotatable bonds is 7. The van der Waals surface area contributed by atoms with Crippen LogP contribution in [0.25, 0.3) is 0 Å². The maximum atomic E-state index is 12.2. The van der Waals surface area contributed by atoms with E-state index in [1.54, 1.807) is 12.1 Å². The van der Waals surface area contributed by atoms with Gasteiger partial charge in [0.1, 0.15) is 0 Å². The number of nitrogens with one attached hydrogen (secondary N) is 1. The smallest absolute Gasteiger partial charge is 0.243 e. The topological polar surface area (TPSA) is 49.4 Å². The fraction of sp³-hybridized carbons (Fsp3) is 0.538. The van der Waals surface area contributed by atoms with Gasteiger partial charge in [-0.15, -0.1) is 0 Å². The summed E-state index contributed by atoms with van der Waals surface area (Å²) in [5.41, 5.74) is 0.954. The molecule has 5 heteroatoms. The molecule has 102 valence electrons. The standard InChI is InChI=1S/C13H22N2O2S/c1-4-11-14-12-7-9-13(10-8-12)18(16,17)15(5-2)6-3/h7-10,14H,4-6,11H2,1-3H3. The zero-order chi connectivity index (χ0) is 13.6. The Bertz CT molecular complexity index is 450. The molecule has 0 heterocycles. The van der Waals surface area contributed by atoms with Crippen LogP contribution in [0, 0.1) is 0 Å². The van der Waals surface area contributed by atoms with Crippen LogP contribution in [0.15, 0.2) is 29.2 Å². The van der Waals surface area contributed by atoms with Crippen molar-refractivity contribution in [2.24, 2.45) is 0 Å². The summed E-state index contributed by atoms with van der Waals surface area (Å²) in [4.78, 5) is 0.355. The van der Waals surface area contributed by atoms with Crippen LogP contribution < -0.4 is 5.32 Å². The Morgan fingerprint density at radius 3 is 2.06 bits per heavy atom. The predicted molar refractivity (Wildman–Crippen MR) is 75.3 cm³/mol. The van der Waals surface area contributed by atoms with Gasteiger partial charge < -0.3 is 5.32 Å². The molecule has 0 aliphatic rings. The molecule has 1 N–H and O–H groups in total. The third-order valence-corrected chi connectivity index (χ3v) is 4.84. The van der Waals surface area contributed by atoms with Crippen molar-refractivity contribution in [1.82, 2.24) is 4.31 Å². The molecule has 18 heavy (non-hydrogen) atoms. The third kappa shape index (κ3) is 3.46. The van der Waals surface area contributed by atoms with E-state index in [0.717, 1.165) is 18.7 Å². The highest BCUT2D eigenvalue weighted by Crippen LogP contribution is 2.18. The molecule has 0 bridgehead atoms. The lowest BCUT2D eigenvalue weighted by atomic mass is 10.3. The van der Waals surface area contributed by atoms with Crippen LogP contribution in [0.4, 0.5) is 5.69 Å². The van der Waals surface area contributed by atoms with Crippen molar-refractivity contribution >= 4 is 15.7 Å². The van der Waals surface area contributed by atoms with Crippen LogP contribution in [0.2, 0.25) is 0 Å². The van der Waals surface area contributed by atoms with Gasteiger partial charge in [-0.25, -0.2) is 8.42 Å². The second kappa shape index (κ2) is 6.75. The minimum Gasteiger partial charge on any atom is -0.385 e. The fourth-order valence-electron chi connectivity index (χ4n) is 1.73. The maximum Gasteiger partial charge on any atom is 0.243 e. The molecule has 0 unspecified atom stereocenters. The third-order valence-electron chi connectivity index (χ3n) is 2.78. The predicted octanol–water partition coefficient (Wildman–Crippen LogP) is 2.54. The zero-order valence-corrected chi connectivity index (χ0v) is 12.1. The van der Waals surface area contributed by atoms with Gasteiger partial charge in [-0.05, 0) is 30.7 Å². The van der Waals surface area contributed by atoms with Gasteiger partial charge in [0, 0.05) is 25.3 Å². The molecule has 0 saturated heterocycles. The lowest BCUT2D eigenvalue weighted by Gasteiger charge is -2.18. The number of anilines is 1. The Hall–Kier alpha value is -1.07. The van der Waals surface area contributed by atoms with E-state index in [1.807, 2.05) is 26.0 Å². The summed E-state index contributed by atoms with van der Waals surface area (Å²) in [6, 6.07) is 6.94. The monoisotopic (exact) mass is 270 g/mol. The summed E-state index contributed by atoms with van der Waals surface area (Å²) >= 11 is 0. The largest absolute Gasteiger partial charge is 0.385 e. The molecule has 4 nitrogen and oxygen atoms in total. The average Bonchev–Trinajstić information content (AvgIpc) is 2.38. The van der Waals surface area contributed by atoms with Crippen molar-refractivity contribution in [3.05, 3.63) is 24.3 Å². The van der Waals surface area contributed by atoms with Crippen LogP contribution in [0.3, 0.4) is 0 Å². The molecule has 1 aromatic rings. The Morgan fingerprint density at radius 1 is 1.06 bits per heavy atom. The summed E-state index contributed by atoms with van der Waals surface area (Å²) in [6.45, 7) is 7.66. The van der Waals surface area contributed by atoms with Gasteiger partial charge in [-0.1, -0.05) is 20.8 Å². The van der Waals surface area contributed by atoms with Crippen molar-refractivity contribution in [2.75, 3.05) is 25.0 Å². The Kier molecular flexibility index (Phi) is 5.62. The molecule has 1 rings (SSSR count). The second-order valence-electron chi connectivity index (χ2n) is 4.04. The Morgan fingerprint density at radius 2 is 1.61 bits per heavy atom. The van der Waals surface area contributed by atoms with Gasteiger partial charge in [0.25, 0.3) is 0 Å². The molecule has 0 aliphatic carbocycles. The van der Waals surface area contributed by atoms with E-state index < -0.39 is 10.0 Å². The lowest BCUT2D eigenvalue weighted by molar-refractivity contribution is 0.445. The minimum atomic E-state index is -3.33. The van der Waals surface area contributed by atoms with Crippen LogP contribution in [0.1, 0.15) is 27.2 Å². The summed E-state index contributed by atoms with van der Waals surface area (Å²) in [5.74, 6) is 0. The molecule has 1 aromatic carbocycles. The number of hydrogen-bond acceptors (Lipinski definition) is 3. The number of sulfonamides is 1. The van der Waals surface area contributed by atoms with E-state index in [9.17, 15) is 8.42 Å². The van der Waals surface area contributed by atoms with Crippen LogP contribution in [0.5, 0.6) is 0 Å². The minimum absolute atomic E-state index is 0.355. The molecule has 0 aliphatic heterocycles. The van der Waals surface area contributed by atoms with Gasteiger partial charge in [0.15, 0.2) is 0 Å². The number of nitrogens with zero attached hydrogens (tertiary/aromatic N) is 1. The van der Waals surface area contributed by atoms with Gasteiger partial charge >= 0.3 is 0 Å². The molecule has 0 atom stereocenters. The van der Waals surface area contributed by atoms with E-state index >= 15 is 0 Å². The van der Waals surface area contributed by atoms with Crippen LogP contribution in [-0.4, -0.2) is 32.4 Å². The number of benzene rings is 1. The van der Waals surface area contributed by atoms with E-state index in [0.29, 0.717) is 18.0 Å². The number of hydrogen-bond donors (Lipinski definition) is 1. The Labute approximate surface area is 110 Å². The first kappa shape index (κ1) is 15.0. The normalized spacial score (nSPS) is 11.8. The van der Waals surface area contributed by atoms with Crippen molar-refractivity contribution in [3.8, 4) is 0 Å². The van der Waals surface area contributed by atoms with E-state index in [1.165, 1.54) is 4.31 Å². The molecule has 0 saturated carbocycles. The highest BCUT2D eigenvalue weighted by atomic mass is 32.2. The van der Waals surface area contributed by atoms with E-state index in [-0.39, 0.29) is 0 Å². The van der Waals surface area contributed by atoms with Gasteiger partial charge in [0.05, 0.1) is 4.90 Å². The molecule has 0 spiro atoms.